The highest BCUT2D eigenvalue weighted by molar-refractivity contribution is 5.83. The van der Waals surface area contributed by atoms with Crippen molar-refractivity contribution in [1.29, 1.82) is 0 Å². The summed E-state index contributed by atoms with van der Waals surface area (Å²) >= 11 is 0. The van der Waals surface area contributed by atoms with Crippen LogP contribution in [0.5, 0.6) is 0 Å². The smallest absolute Gasteiger partial charge is 0.323 e. The normalized spacial score (nSPS) is 19.9. The topological polar surface area (TPSA) is 372 Å². The van der Waals surface area contributed by atoms with Crippen molar-refractivity contribution in [3.63, 3.8) is 0 Å². The van der Waals surface area contributed by atoms with Gasteiger partial charge in [0.1, 0.15) is 30.2 Å². The fourth-order valence-electron chi connectivity index (χ4n) is 2.38. The van der Waals surface area contributed by atoms with Gasteiger partial charge in [-0.25, -0.2) is 0 Å². The molecule has 0 saturated carbocycles. The number of aliphatic hydroxyl groups is 2. The van der Waals surface area contributed by atoms with Crippen molar-refractivity contribution in [3.05, 3.63) is 0 Å². The average Bonchev–Trinajstić information content (AvgIpc) is 3.59. The largest absolute Gasteiger partial charge is 0.480 e. The number of rotatable bonds is 9. The summed E-state index contributed by atoms with van der Waals surface area (Å²) in [7, 11) is 0. The van der Waals surface area contributed by atoms with Crippen molar-refractivity contribution in [1.82, 2.24) is 10.6 Å². The Balaban J connectivity index is -0.000000429. The van der Waals surface area contributed by atoms with Gasteiger partial charge < -0.3 is 69.3 Å². The van der Waals surface area contributed by atoms with Crippen LogP contribution in [-0.2, 0) is 28.8 Å². The third-order valence-electron chi connectivity index (χ3n) is 4.77. The minimum Gasteiger partial charge on any atom is -0.480 e. The number of nitrogens with two attached hydrogens (primary N) is 4. The van der Waals surface area contributed by atoms with Crippen LogP contribution in [0, 0.1) is 0 Å². The Morgan fingerprint density at radius 3 is 1.20 bits per heavy atom. The zero-order valence-electron chi connectivity index (χ0n) is 22.0. The zero-order valence-corrected chi connectivity index (χ0v) is 22.0. The minimum atomic E-state index is -1.21. The predicted octanol–water partition coefficient (Wildman–Crippen LogP) is -4.91. The summed E-state index contributed by atoms with van der Waals surface area (Å²) in [5, 5.41) is 63.0. The number of hydrogen-bond donors (Lipinski definition) is 13. The molecule has 2 aliphatic heterocycles. The lowest BCUT2D eigenvalue weighted by atomic mass is 10.2. The number of carboxylic acids is 5. The highest BCUT2D eigenvalue weighted by atomic mass is 16.4. The van der Waals surface area contributed by atoms with Crippen LogP contribution in [0.15, 0.2) is 0 Å². The Hall–Kier alpha value is -3.46. The van der Waals surface area contributed by atoms with E-state index in [1.165, 1.54) is 6.92 Å². The van der Waals surface area contributed by atoms with Crippen LogP contribution in [0.2, 0.25) is 0 Å². The minimum absolute atomic E-state index is 0.269. The van der Waals surface area contributed by atoms with Crippen LogP contribution in [0.3, 0.4) is 0 Å². The zero-order chi connectivity index (χ0) is 32.0. The molecule has 2 aliphatic rings. The van der Waals surface area contributed by atoms with Crippen molar-refractivity contribution in [3.8, 4) is 0 Å². The number of hydrogen-bond acceptors (Lipinski definition) is 13. The number of carboxylic acid groups (broad SMARTS) is 5. The third-order valence-corrected chi connectivity index (χ3v) is 4.77. The van der Waals surface area contributed by atoms with Gasteiger partial charge in [-0.05, 0) is 45.7 Å². The van der Waals surface area contributed by atoms with E-state index < -0.39 is 66.6 Å². The van der Waals surface area contributed by atoms with E-state index >= 15 is 0 Å². The Labute approximate surface area is 229 Å². The van der Waals surface area contributed by atoms with Crippen molar-refractivity contribution in [2.45, 2.75) is 75.3 Å². The van der Waals surface area contributed by atoms with Crippen LogP contribution in [0.1, 0.15) is 39.0 Å². The number of carbonyl (C=O) groups is 6. The molecule has 0 aromatic rings. The standard InChI is InChI=1S/2C5H9NO2.C4H8N2O3.C4H9NO3.C3H7NO3/c2*7-5(8)4-2-1-3-6-4;5-2(4(8)9)1-3(6)7;1-2(6)3(5)4(7)8;4-2(1-5)3(6)7/h2*4,6H,1-3H2,(H,7,8);2H,1,5H2,(H2,6,7)(H,8,9);2-3,6H,5H2,1H3,(H,7,8);2,5H,1,4H2,(H,6,7)/t2*4-;;;/m00.../s1. The summed E-state index contributed by atoms with van der Waals surface area (Å²) in [4.78, 5) is 59.7. The summed E-state index contributed by atoms with van der Waals surface area (Å²) in [6, 6.07) is -3.98. The van der Waals surface area contributed by atoms with E-state index in [1.54, 1.807) is 0 Å². The van der Waals surface area contributed by atoms with Crippen LogP contribution in [0.25, 0.3) is 0 Å². The first-order chi connectivity index (χ1) is 18.4. The van der Waals surface area contributed by atoms with Crippen molar-refractivity contribution in [2.75, 3.05) is 19.7 Å². The second-order valence-electron chi connectivity index (χ2n) is 8.32. The summed E-state index contributed by atoms with van der Waals surface area (Å²) in [5.41, 5.74) is 19.2. The quantitative estimate of drug-likeness (QED) is 0.120. The van der Waals surface area contributed by atoms with Crippen molar-refractivity contribution < 1.29 is 64.5 Å². The number of aliphatic hydroxyl groups excluding tert-OH is 2. The number of primary amides is 1. The first kappa shape index (κ1) is 41.0. The number of carbonyl (C=O) groups excluding carboxylic acids is 1. The molecule has 6 atom stereocenters. The first-order valence-electron chi connectivity index (χ1n) is 11.8. The maximum atomic E-state index is 10.1. The molecular formula is C21H42N6O13. The van der Waals surface area contributed by atoms with E-state index in [2.05, 4.69) is 16.4 Å². The number of nitrogens with one attached hydrogen (secondary N) is 2. The van der Waals surface area contributed by atoms with E-state index in [4.69, 9.17) is 52.9 Å². The maximum absolute atomic E-state index is 10.1. The van der Waals surface area contributed by atoms with Gasteiger partial charge in [0.05, 0.1) is 19.1 Å². The van der Waals surface area contributed by atoms with Crippen molar-refractivity contribution >= 4 is 35.8 Å². The Bertz CT molecular complexity index is 744. The lowest BCUT2D eigenvalue weighted by Crippen LogP contribution is -2.39. The molecule has 40 heavy (non-hydrogen) atoms. The van der Waals surface area contributed by atoms with Gasteiger partial charge in [0.15, 0.2) is 0 Å². The van der Waals surface area contributed by atoms with Gasteiger partial charge in [-0.15, -0.1) is 0 Å². The first-order valence-corrected chi connectivity index (χ1v) is 11.8. The summed E-state index contributed by atoms with van der Waals surface area (Å²) in [5.74, 6) is -5.72. The van der Waals surface area contributed by atoms with Crippen LogP contribution < -0.4 is 33.6 Å². The lowest BCUT2D eigenvalue weighted by Gasteiger charge is -2.06. The van der Waals surface area contributed by atoms with E-state index in [0.29, 0.717) is 0 Å². The van der Waals surface area contributed by atoms with Gasteiger partial charge in [-0.1, -0.05) is 0 Å². The molecule has 2 fully saturated rings. The lowest BCUT2D eigenvalue weighted by molar-refractivity contribution is -0.141. The van der Waals surface area contributed by atoms with Crippen LogP contribution in [-0.4, -0.2) is 128 Å². The molecule has 0 aliphatic carbocycles. The molecule has 234 valence electrons. The predicted molar refractivity (Wildman–Crippen MR) is 137 cm³/mol. The molecule has 0 spiro atoms. The van der Waals surface area contributed by atoms with Gasteiger partial charge in [-0.3, -0.25) is 28.8 Å². The molecule has 19 heteroatoms. The summed E-state index contributed by atoms with van der Waals surface area (Å²) in [6.07, 6.45) is 2.28. The van der Waals surface area contributed by atoms with E-state index in [1.807, 2.05) is 0 Å². The number of amides is 1. The Morgan fingerprint density at radius 1 is 0.750 bits per heavy atom. The molecule has 2 rings (SSSR count). The van der Waals surface area contributed by atoms with Gasteiger partial charge >= 0.3 is 29.8 Å². The van der Waals surface area contributed by atoms with Crippen molar-refractivity contribution in [2.24, 2.45) is 22.9 Å². The molecule has 2 saturated heterocycles. The third kappa shape index (κ3) is 23.6. The number of aliphatic carboxylic acids is 5. The second-order valence-corrected chi connectivity index (χ2v) is 8.32. The molecule has 0 radical (unpaired) electrons. The van der Waals surface area contributed by atoms with Crippen LogP contribution >= 0.6 is 0 Å². The monoisotopic (exact) mass is 586 g/mol. The summed E-state index contributed by atoms with van der Waals surface area (Å²) < 4.78 is 0. The summed E-state index contributed by atoms with van der Waals surface area (Å²) in [6.45, 7) is 2.54. The molecule has 2 heterocycles. The molecule has 1 amide bonds. The van der Waals surface area contributed by atoms with Gasteiger partial charge in [0.2, 0.25) is 5.91 Å². The fourth-order valence-corrected chi connectivity index (χ4v) is 2.38. The average molecular weight is 587 g/mol. The molecule has 17 N–H and O–H groups in total. The highest BCUT2D eigenvalue weighted by Gasteiger charge is 2.21. The van der Waals surface area contributed by atoms with Gasteiger partial charge in [-0.2, -0.15) is 0 Å². The second kappa shape index (κ2) is 23.4. The molecule has 4 unspecified atom stereocenters. The van der Waals surface area contributed by atoms with E-state index in [-0.39, 0.29) is 18.5 Å². The molecule has 0 aromatic carbocycles. The fraction of sp³-hybridized carbons (Fsp3) is 0.714. The van der Waals surface area contributed by atoms with Gasteiger partial charge in [0.25, 0.3) is 0 Å². The highest BCUT2D eigenvalue weighted by Crippen LogP contribution is 2.04. The molecule has 0 aromatic heterocycles. The van der Waals surface area contributed by atoms with E-state index in [9.17, 15) is 28.8 Å². The van der Waals surface area contributed by atoms with E-state index in [0.717, 1.165) is 38.8 Å². The van der Waals surface area contributed by atoms with Gasteiger partial charge in [0, 0.05) is 0 Å². The maximum Gasteiger partial charge on any atom is 0.323 e. The van der Waals surface area contributed by atoms with Crippen LogP contribution in [0.4, 0.5) is 0 Å². The molecular weight excluding hydrogens is 544 g/mol. The SMILES string of the molecule is CC(O)C(N)C(=O)O.NC(=O)CC(N)C(=O)O.NC(CO)C(=O)O.O=C(O)[C@@H]1CCCN1.O=C(O)[C@@H]1CCCN1. The molecule has 19 nitrogen and oxygen atoms in total. The Kier molecular flexibility index (Phi) is 24.0. The molecule has 0 bridgehead atoms. The Morgan fingerprint density at radius 2 is 1.12 bits per heavy atom.